The van der Waals surface area contributed by atoms with Crippen molar-refractivity contribution in [3.8, 4) is 28.3 Å². The molecule has 0 atom stereocenters. The third kappa shape index (κ3) is 5.36. The van der Waals surface area contributed by atoms with E-state index in [2.05, 4.69) is 15.6 Å². The number of rotatable bonds is 7. The van der Waals surface area contributed by atoms with Gasteiger partial charge in [-0.25, -0.2) is 19.7 Å². The average molecular weight is 556 g/mol. The van der Waals surface area contributed by atoms with Gasteiger partial charge in [-0.3, -0.25) is 14.7 Å². The Morgan fingerprint density at radius 2 is 1.67 bits per heavy atom. The average Bonchev–Trinajstić information content (AvgIpc) is 3.39. The molecular formula is C32H25N7O3. The number of fused-ring (bicyclic) bond motifs is 1. The van der Waals surface area contributed by atoms with Crippen LogP contribution in [0.5, 0.6) is 0 Å². The maximum Gasteiger partial charge on any atom is 0.409 e. The summed E-state index contributed by atoms with van der Waals surface area (Å²) in [5.74, 6) is 0.657. The minimum absolute atomic E-state index is 0.277. The Morgan fingerprint density at radius 3 is 2.43 bits per heavy atom. The zero-order chi connectivity index (χ0) is 29.1. The van der Waals surface area contributed by atoms with Crippen LogP contribution in [0.3, 0.4) is 0 Å². The van der Waals surface area contributed by atoms with Gasteiger partial charge < -0.3 is 16.2 Å². The number of carbonyl (C=O) groups excluding carboxylic acids is 1. The molecule has 3 aromatic heterocycles. The normalized spacial score (nSPS) is 10.9. The van der Waals surface area contributed by atoms with Crippen molar-refractivity contribution < 1.29 is 14.7 Å². The summed E-state index contributed by atoms with van der Waals surface area (Å²) < 4.78 is 1.96. The van der Waals surface area contributed by atoms with E-state index < -0.39 is 6.09 Å². The van der Waals surface area contributed by atoms with Gasteiger partial charge in [-0.05, 0) is 60.2 Å². The molecule has 42 heavy (non-hydrogen) atoms. The number of nitrogen functional groups attached to an aromatic ring is 1. The van der Waals surface area contributed by atoms with Gasteiger partial charge in [0.2, 0.25) is 0 Å². The van der Waals surface area contributed by atoms with Gasteiger partial charge in [-0.1, -0.05) is 48.5 Å². The molecule has 0 spiro atoms. The predicted molar refractivity (Wildman–Crippen MR) is 161 cm³/mol. The Balaban J connectivity index is 1.32. The molecule has 0 saturated carbocycles. The fourth-order valence-electron chi connectivity index (χ4n) is 4.67. The van der Waals surface area contributed by atoms with Crippen LogP contribution < -0.4 is 16.4 Å². The van der Waals surface area contributed by atoms with E-state index in [1.807, 2.05) is 83.4 Å². The summed E-state index contributed by atoms with van der Waals surface area (Å²) >= 11 is 0. The van der Waals surface area contributed by atoms with Crippen LogP contribution in [0.4, 0.5) is 16.3 Å². The number of nitrogens with two attached hydrogens (primary N) is 1. The van der Waals surface area contributed by atoms with E-state index in [0.717, 1.165) is 22.5 Å². The number of hydrogen-bond acceptors (Lipinski definition) is 6. The molecule has 0 radical (unpaired) electrons. The molecule has 2 amide bonds. The van der Waals surface area contributed by atoms with Gasteiger partial charge in [0.1, 0.15) is 11.3 Å². The largest absolute Gasteiger partial charge is 0.465 e. The molecule has 5 N–H and O–H groups in total. The second kappa shape index (κ2) is 11.2. The van der Waals surface area contributed by atoms with E-state index in [4.69, 9.17) is 20.8 Å². The van der Waals surface area contributed by atoms with Crippen molar-refractivity contribution >= 4 is 34.7 Å². The molecule has 0 aliphatic heterocycles. The summed E-state index contributed by atoms with van der Waals surface area (Å²) in [5, 5.41) is 14.1. The number of pyridine rings is 2. The fourth-order valence-corrected chi connectivity index (χ4v) is 4.67. The molecule has 0 saturated heterocycles. The number of hydrogen-bond donors (Lipinski definition) is 4. The molecule has 6 aromatic rings. The molecule has 0 fully saturated rings. The van der Waals surface area contributed by atoms with Gasteiger partial charge in [0.15, 0.2) is 11.5 Å². The lowest BCUT2D eigenvalue weighted by Gasteiger charge is -2.12. The molecule has 3 heterocycles. The lowest BCUT2D eigenvalue weighted by atomic mass is 10.1. The maximum atomic E-state index is 12.7. The molecule has 0 aliphatic rings. The molecule has 0 unspecified atom stereocenters. The first-order chi connectivity index (χ1) is 20.5. The molecule has 206 valence electrons. The van der Waals surface area contributed by atoms with Crippen molar-refractivity contribution in [2.24, 2.45) is 0 Å². The molecule has 0 aliphatic carbocycles. The topological polar surface area (TPSA) is 148 Å². The van der Waals surface area contributed by atoms with Crippen LogP contribution in [0, 0.1) is 0 Å². The van der Waals surface area contributed by atoms with Crippen LogP contribution in [0.15, 0.2) is 109 Å². The van der Waals surface area contributed by atoms with Crippen LogP contribution in [-0.2, 0) is 6.54 Å². The van der Waals surface area contributed by atoms with E-state index in [1.165, 1.54) is 6.07 Å². The number of benzene rings is 3. The van der Waals surface area contributed by atoms with Gasteiger partial charge in [0, 0.05) is 35.2 Å². The van der Waals surface area contributed by atoms with Crippen molar-refractivity contribution in [2.75, 3.05) is 11.1 Å². The second-order valence-corrected chi connectivity index (χ2v) is 9.47. The smallest absolute Gasteiger partial charge is 0.409 e. The van der Waals surface area contributed by atoms with E-state index in [1.54, 1.807) is 24.4 Å². The number of nitrogens with zero attached hydrogens (tertiary/aromatic N) is 4. The van der Waals surface area contributed by atoms with Crippen molar-refractivity contribution in [1.82, 2.24) is 24.8 Å². The van der Waals surface area contributed by atoms with Crippen LogP contribution in [0.25, 0.3) is 39.5 Å². The molecule has 3 aromatic carbocycles. The summed E-state index contributed by atoms with van der Waals surface area (Å²) in [7, 11) is 0. The first-order valence-electron chi connectivity index (χ1n) is 13.1. The van der Waals surface area contributed by atoms with Crippen LogP contribution >= 0.6 is 0 Å². The quantitative estimate of drug-likeness (QED) is 0.196. The molecule has 10 nitrogen and oxygen atoms in total. The third-order valence-corrected chi connectivity index (χ3v) is 6.68. The van der Waals surface area contributed by atoms with Gasteiger partial charge in [0.05, 0.1) is 11.3 Å². The molecular weight excluding hydrogens is 530 g/mol. The standard InChI is InChI=1S/C32H25N7O3/c33-28-25(10-5-17-34-28)29-38-27-16-15-26(21-6-2-1-3-7-21)37-30(27)39(29)24-13-11-20(12-14-24)19-35-31(40)22-8-4-9-23(18-22)36-32(41)42/h1-18,36H,19H2,(H2,33,34)(H,35,40)(H,41,42). The zero-order valence-electron chi connectivity index (χ0n) is 22.2. The highest BCUT2D eigenvalue weighted by molar-refractivity contribution is 5.96. The number of carbonyl (C=O) groups is 2. The van der Waals surface area contributed by atoms with Gasteiger partial charge >= 0.3 is 6.09 Å². The second-order valence-electron chi connectivity index (χ2n) is 9.47. The number of carboxylic acid groups (broad SMARTS) is 1. The number of amides is 2. The Labute approximate surface area is 240 Å². The summed E-state index contributed by atoms with van der Waals surface area (Å²) in [6, 6.07) is 31.5. The minimum atomic E-state index is -1.20. The summed E-state index contributed by atoms with van der Waals surface area (Å²) in [4.78, 5) is 37.7. The van der Waals surface area contributed by atoms with Crippen molar-refractivity contribution in [3.05, 3.63) is 120 Å². The van der Waals surface area contributed by atoms with E-state index >= 15 is 0 Å². The third-order valence-electron chi connectivity index (χ3n) is 6.68. The number of anilines is 2. The molecule has 6 rings (SSSR count). The monoisotopic (exact) mass is 555 g/mol. The van der Waals surface area contributed by atoms with E-state index in [0.29, 0.717) is 39.6 Å². The predicted octanol–water partition coefficient (Wildman–Crippen LogP) is 5.75. The Hall–Kier alpha value is -6.03. The van der Waals surface area contributed by atoms with E-state index in [9.17, 15) is 9.59 Å². The van der Waals surface area contributed by atoms with Crippen molar-refractivity contribution in [1.29, 1.82) is 0 Å². The Morgan fingerprint density at radius 1 is 0.857 bits per heavy atom. The Kier molecular flexibility index (Phi) is 7.00. The van der Waals surface area contributed by atoms with Gasteiger partial charge in [-0.15, -0.1) is 0 Å². The highest BCUT2D eigenvalue weighted by Crippen LogP contribution is 2.31. The van der Waals surface area contributed by atoms with Crippen LogP contribution in [0.2, 0.25) is 0 Å². The SMILES string of the molecule is Nc1ncccc1-c1nc2ccc(-c3ccccc3)nc2n1-c1ccc(CNC(=O)c2cccc(NC(=O)O)c2)cc1. The van der Waals surface area contributed by atoms with E-state index in [-0.39, 0.29) is 12.5 Å². The van der Waals surface area contributed by atoms with Crippen LogP contribution in [0.1, 0.15) is 15.9 Å². The minimum Gasteiger partial charge on any atom is -0.465 e. The number of aromatic nitrogens is 4. The Bertz CT molecular complexity index is 1920. The highest BCUT2D eigenvalue weighted by atomic mass is 16.4. The highest BCUT2D eigenvalue weighted by Gasteiger charge is 2.19. The first-order valence-corrected chi connectivity index (χ1v) is 13.1. The lowest BCUT2D eigenvalue weighted by molar-refractivity contribution is 0.0951. The lowest BCUT2D eigenvalue weighted by Crippen LogP contribution is -2.23. The maximum absolute atomic E-state index is 12.7. The summed E-state index contributed by atoms with van der Waals surface area (Å²) in [5.41, 5.74) is 12.5. The van der Waals surface area contributed by atoms with Gasteiger partial charge in [-0.2, -0.15) is 0 Å². The fraction of sp³-hybridized carbons (Fsp3) is 0.0312. The first kappa shape index (κ1) is 26.2. The summed E-state index contributed by atoms with van der Waals surface area (Å²) in [6.45, 7) is 0.277. The molecule has 0 bridgehead atoms. The number of imidazole rings is 1. The number of nitrogens with one attached hydrogen (secondary N) is 2. The summed E-state index contributed by atoms with van der Waals surface area (Å²) in [6.07, 6.45) is 0.443. The van der Waals surface area contributed by atoms with Gasteiger partial charge in [0.25, 0.3) is 5.91 Å². The van der Waals surface area contributed by atoms with Crippen molar-refractivity contribution in [2.45, 2.75) is 6.54 Å². The molecule has 10 heteroatoms. The zero-order valence-corrected chi connectivity index (χ0v) is 22.2. The van der Waals surface area contributed by atoms with Crippen LogP contribution in [-0.4, -0.2) is 36.6 Å². The van der Waals surface area contributed by atoms with Crippen molar-refractivity contribution in [3.63, 3.8) is 0 Å².